The molecule has 15 heavy (non-hydrogen) atoms. The van der Waals surface area contributed by atoms with Crippen molar-refractivity contribution in [2.24, 2.45) is 0 Å². The van der Waals surface area contributed by atoms with Crippen LogP contribution in [0.15, 0.2) is 18.2 Å². The number of rotatable bonds is 2. The Morgan fingerprint density at radius 2 is 2.33 bits per heavy atom. The van der Waals surface area contributed by atoms with Crippen molar-refractivity contribution in [2.45, 2.75) is 18.4 Å². The molecule has 1 aliphatic rings. The van der Waals surface area contributed by atoms with Crippen molar-refractivity contribution in [2.75, 3.05) is 0 Å². The summed E-state index contributed by atoms with van der Waals surface area (Å²) in [5, 5.41) is 10.9. The van der Waals surface area contributed by atoms with E-state index >= 15 is 0 Å². The molecule has 1 aliphatic carbocycles. The predicted octanol–water partition coefficient (Wildman–Crippen LogP) is 2.60. The van der Waals surface area contributed by atoms with Crippen LogP contribution in [0.4, 0.5) is 9.18 Å². The highest BCUT2D eigenvalue weighted by Gasteiger charge is 2.39. The van der Waals surface area contributed by atoms with Gasteiger partial charge in [-0.3, -0.25) is 0 Å². The molecule has 0 aromatic heterocycles. The van der Waals surface area contributed by atoms with Crippen molar-refractivity contribution >= 4 is 17.7 Å². The van der Waals surface area contributed by atoms with Crippen LogP contribution >= 0.6 is 11.6 Å². The lowest BCUT2D eigenvalue weighted by atomic mass is 10.1. The number of carbonyl (C=O) groups is 1. The average molecular weight is 230 g/mol. The zero-order valence-electron chi connectivity index (χ0n) is 7.71. The molecule has 3 nitrogen and oxygen atoms in total. The first kappa shape index (κ1) is 10.2. The van der Waals surface area contributed by atoms with E-state index in [0.717, 1.165) is 12.0 Å². The highest BCUT2D eigenvalue weighted by molar-refractivity contribution is 6.30. The van der Waals surface area contributed by atoms with Crippen LogP contribution < -0.4 is 5.32 Å². The second-order valence-corrected chi connectivity index (χ2v) is 3.98. The number of benzene rings is 1. The maximum atomic E-state index is 12.8. The van der Waals surface area contributed by atoms with Crippen LogP contribution in [0.3, 0.4) is 0 Å². The van der Waals surface area contributed by atoms with E-state index in [-0.39, 0.29) is 17.0 Å². The minimum Gasteiger partial charge on any atom is -0.465 e. The first-order chi connectivity index (χ1) is 7.08. The highest BCUT2D eigenvalue weighted by Crippen LogP contribution is 2.41. The second kappa shape index (κ2) is 3.70. The van der Waals surface area contributed by atoms with Gasteiger partial charge in [-0.05, 0) is 24.1 Å². The Labute approximate surface area is 90.9 Å². The van der Waals surface area contributed by atoms with Gasteiger partial charge in [0, 0.05) is 12.0 Å². The SMILES string of the molecule is O=C(O)NC1CC1c1ccc(F)c(Cl)c1. The summed E-state index contributed by atoms with van der Waals surface area (Å²) in [5.74, 6) is -0.331. The van der Waals surface area contributed by atoms with Crippen LogP contribution in [0.5, 0.6) is 0 Å². The molecule has 2 N–H and O–H groups in total. The number of halogens is 2. The molecule has 0 heterocycles. The van der Waals surface area contributed by atoms with Crippen LogP contribution in [-0.2, 0) is 0 Å². The van der Waals surface area contributed by atoms with Gasteiger partial charge in [-0.1, -0.05) is 17.7 Å². The lowest BCUT2D eigenvalue weighted by molar-refractivity contribution is 0.193. The molecular formula is C10H9ClFNO2. The summed E-state index contributed by atoms with van der Waals surface area (Å²) in [4.78, 5) is 10.4. The van der Waals surface area contributed by atoms with Gasteiger partial charge in [-0.2, -0.15) is 0 Å². The molecule has 0 aliphatic heterocycles. The molecule has 1 amide bonds. The third kappa shape index (κ3) is 2.21. The molecule has 0 saturated heterocycles. The van der Waals surface area contributed by atoms with E-state index in [1.54, 1.807) is 12.1 Å². The van der Waals surface area contributed by atoms with Crippen LogP contribution in [0.25, 0.3) is 0 Å². The maximum Gasteiger partial charge on any atom is 0.404 e. The van der Waals surface area contributed by atoms with Crippen molar-refractivity contribution in [1.82, 2.24) is 5.32 Å². The summed E-state index contributed by atoms with van der Waals surface area (Å²) in [6.07, 6.45) is -0.287. The monoisotopic (exact) mass is 229 g/mol. The molecule has 2 atom stereocenters. The third-order valence-electron chi connectivity index (χ3n) is 2.47. The van der Waals surface area contributed by atoms with Gasteiger partial charge >= 0.3 is 6.09 Å². The summed E-state index contributed by atoms with van der Waals surface area (Å²) in [6.45, 7) is 0. The molecule has 2 rings (SSSR count). The average Bonchev–Trinajstić information content (AvgIpc) is 2.88. The number of hydrogen-bond acceptors (Lipinski definition) is 1. The van der Waals surface area contributed by atoms with Gasteiger partial charge in [0.15, 0.2) is 0 Å². The standard InChI is InChI=1S/C10H9ClFNO2/c11-7-3-5(1-2-8(7)12)6-4-9(6)13-10(14)15/h1-3,6,9,13H,4H2,(H,14,15). The van der Waals surface area contributed by atoms with E-state index in [1.807, 2.05) is 0 Å². The summed E-state index contributed by atoms with van der Waals surface area (Å²) >= 11 is 5.63. The Morgan fingerprint density at radius 1 is 1.60 bits per heavy atom. The van der Waals surface area contributed by atoms with Crippen LogP contribution in [0, 0.1) is 5.82 Å². The van der Waals surface area contributed by atoms with Crippen molar-refractivity contribution in [1.29, 1.82) is 0 Å². The van der Waals surface area contributed by atoms with E-state index in [9.17, 15) is 9.18 Å². The molecule has 1 aromatic rings. The Morgan fingerprint density at radius 3 is 2.93 bits per heavy atom. The van der Waals surface area contributed by atoms with Crippen molar-refractivity contribution in [3.8, 4) is 0 Å². The van der Waals surface area contributed by atoms with E-state index in [2.05, 4.69) is 5.32 Å². The van der Waals surface area contributed by atoms with Gasteiger partial charge in [-0.15, -0.1) is 0 Å². The normalized spacial score (nSPS) is 23.6. The zero-order valence-corrected chi connectivity index (χ0v) is 8.46. The number of hydrogen-bond donors (Lipinski definition) is 2. The van der Waals surface area contributed by atoms with Crippen LogP contribution in [-0.4, -0.2) is 17.2 Å². The van der Waals surface area contributed by atoms with Crippen molar-refractivity contribution in [3.63, 3.8) is 0 Å². The summed E-state index contributed by atoms with van der Waals surface area (Å²) in [7, 11) is 0. The largest absolute Gasteiger partial charge is 0.465 e. The first-order valence-electron chi connectivity index (χ1n) is 4.52. The lowest BCUT2D eigenvalue weighted by Gasteiger charge is -2.02. The van der Waals surface area contributed by atoms with E-state index in [4.69, 9.17) is 16.7 Å². The van der Waals surface area contributed by atoms with E-state index < -0.39 is 11.9 Å². The second-order valence-electron chi connectivity index (χ2n) is 3.57. The molecule has 1 fully saturated rings. The van der Waals surface area contributed by atoms with Gasteiger partial charge in [0.25, 0.3) is 0 Å². The summed E-state index contributed by atoms with van der Waals surface area (Å²) < 4.78 is 12.8. The quantitative estimate of drug-likeness (QED) is 0.819. The number of carboxylic acid groups (broad SMARTS) is 1. The molecular weight excluding hydrogens is 221 g/mol. The lowest BCUT2D eigenvalue weighted by Crippen LogP contribution is -2.24. The molecule has 0 radical (unpaired) electrons. The van der Waals surface area contributed by atoms with E-state index in [1.165, 1.54) is 6.07 Å². The van der Waals surface area contributed by atoms with Crippen molar-refractivity contribution in [3.05, 3.63) is 34.6 Å². The highest BCUT2D eigenvalue weighted by atomic mass is 35.5. The molecule has 80 valence electrons. The molecule has 0 bridgehead atoms. The van der Waals surface area contributed by atoms with Crippen LogP contribution in [0.1, 0.15) is 17.9 Å². The van der Waals surface area contributed by atoms with E-state index in [0.29, 0.717) is 0 Å². The fourth-order valence-corrected chi connectivity index (χ4v) is 1.81. The topological polar surface area (TPSA) is 49.3 Å². The fourth-order valence-electron chi connectivity index (χ4n) is 1.62. The van der Waals surface area contributed by atoms with Crippen molar-refractivity contribution < 1.29 is 14.3 Å². The Balaban J connectivity index is 2.07. The van der Waals surface area contributed by atoms with Gasteiger partial charge in [-0.25, -0.2) is 9.18 Å². The molecule has 5 heteroatoms. The minimum absolute atomic E-state index is 0.0657. The zero-order chi connectivity index (χ0) is 11.0. The predicted molar refractivity (Wildman–Crippen MR) is 53.7 cm³/mol. The number of amides is 1. The first-order valence-corrected chi connectivity index (χ1v) is 4.90. The Bertz CT molecular complexity index is 410. The minimum atomic E-state index is -1.03. The third-order valence-corrected chi connectivity index (χ3v) is 2.76. The van der Waals surface area contributed by atoms with Gasteiger partial charge in [0.1, 0.15) is 5.82 Å². The fraction of sp³-hybridized carbons (Fsp3) is 0.300. The molecule has 1 aromatic carbocycles. The molecule has 1 saturated carbocycles. The Kier molecular flexibility index (Phi) is 2.52. The molecule has 0 spiro atoms. The van der Waals surface area contributed by atoms with Gasteiger partial charge < -0.3 is 10.4 Å². The Hall–Kier alpha value is -1.29. The molecule has 2 unspecified atom stereocenters. The maximum absolute atomic E-state index is 12.8. The number of nitrogens with one attached hydrogen (secondary N) is 1. The smallest absolute Gasteiger partial charge is 0.404 e. The van der Waals surface area contributed by atoms with Gasteiger partial charge in [0.05, 0.1) is 5.02 Å². The summed E-state index contributed by atoms with van der Waals surface area (Å²) in [5.41, 5.74) is 0.875. The van der Waals surface area contributed by atoms with Crippen LogP contribution in [0.2, 0.25) is 5.02 Å². The summed E-state index contributed by atoms with van der Waals surface area (Å²) in [6, 6.07) is 4.41. The van der Waals surface area contributed by atoms with Gasteiger partial charge in [0.2, 0.25) is 0 Å².